The van der Waals surface area contributed by atoms with Crippen LogP contribution in [0.3, 0.4) is 0 Å². The normalized spacial score (nSPS) is 20.4. The number of furan rings is 1. The van der Waals surface area contributed by atoms with Crippen molar-refractivity contribution in [3.05, 3.63) is 34.0 Å². The van der Waals surface area contributed by atoms with E-state index in [0.29, 0.717) is 12.0 Å². The third-order valence-electron chi connectivity index (χ3n) is 4.17. The predicted molar refractivity (Wildman–Crippen MR) is 87.8 cm³/mol. The smallest absolute Gasteiger partial charge is 0.289 e. The molecular weight excluding hydrogens is 370 g/mol. The maximum absolute atomic E-state index is 12.6. The van der Waals surface area contributed by atoms with Crippen molar-refractivity contribution < 1.29 is 17.6 Å². The molecule has 1 amide bonds. The molecule has 1 aliphatic heterocycles. The summed E-state index contributed by atoms with van der Waals surface area (Å²) in [4.78, 5) is 14.1. The monoisotopic (exact) mass is 385 g/mol. The summed E-state index contributed by atoms with van der Waals surface area (Å²) in [5, 5.41) is 0.880. The molecule has 1 saturated heterocycles. The van der Waals surface area contributed by atoms with Gasteiger partial charge in [0, 0.05) is 28.5 Å². The number of carbonyl (C=O) groups excluding carboxylic acids is 1. The highest BCUT2D eigenvalue weighted by Crippen LogP contribution is 2.29. The van der Waals surface area contributed by atoms with Gasteiger partial charge in [-0.2, -0.15) is 0 Å². The van der Waals surface area contributed by atoms with E-state index in [9.17, 15) is 13.2 Å². The molecule has 0 radical (unpaired) electrons. The van der Waals surface area contributed by atoms with Gasteiger partial charge in [-0.05, 0) is 31.5 Å². The molecule has 2 aromatic rings. The van der Waals surface area contributed by atoms with Crippen LogP contribution in [0.4, 0.5) is 0 Å². The van der Waals surface area contributed by atoms with Gasteiger partial charge < -0.3 is 9.32 Å². The topological polar surface area (TPSA) is 67.6 Å². The van der Waals surface area contributed by atoms with Gasteiger partial charge in [0.05, 0.1) is 11.5 Å². The second kappa shape index (κ2) is 5.38. The third kappa shape index (κ3) is 2.67. The SMILES string of the molecule is Cc1c(C(=O)N(C)[C@H]2CCS(=O)(=O)C2)oc2ccc(Br)cc12. The van der Waals surface area contributed by atoms with Crippen LogP contribution >= 0.6 is 15.9 Å². The lowest BCUT2D eigenvalue weighted by Gasteiger charge is -2.22. The number of sulfone groups is 1. The summed E-state index contributed by atoms with van der Waals surface area (Å²) in [6, 6.07) is 5.29. The van der Waals surface area contributed by atoms with Crippen LogP contribution in [0.1, 0.15) is 22.5 Å². The molecule has 0 saturated carbocycles. The van der Waals surface area contributed by atoms with E-state index < -0.39 is 9.84 Å². The minimum absolute atomic E-state index is 0.0278. The number of hydrogen-bond donors (Lipinski definition) is 0. The number of carbonyl (C=O) groups is 1. The largest absolute Gasteiger partial charge is 0.451 e. The number of benzene rings is 1. The molecule has 2 heterocycles. The molecule has 0 spiro atoms. The van der Waals surface area contributed by atoms with Gasteiger partial charge in [0.1, 0.15) is 5.58 Å². The number of rotatable bonds is 2. The predicted octanol–water partition coefficient (Wildman–Crippen LogP) is 2.76. The fourth-order valence-electron chi connectivity index (χ4n) is 2.80. The van der Waals surface area contributed by atoms with Crippen molar-refractivity contribution in [3.8, 4) is 0 Å². The summed E-state index contributed by atoms with van der Waals surface area (Å²) in [5.74, 6) is 0.174. The maximum atomic E-state index is 12.6. The first-order chi connectivity index (χ1) is 10.3. The highest BCUT2D eigenvalue weighted by molar-refractivity contribution is 9.10. The minimum atomic E-state index is -3.03. The summed E-state index contributed by atoms with van der Waals surface area (Å²) >= 11 is 3.40. The molecule has 22 heavy (non-hydrogen) atoms. The first-order valence-electron chi connectivity index (χ1n) is 6.95. The first kappa shape index (κ1) is 15.6. The lowest BCUT2D eigenvalue weighted by atomic mass is 10.1. The van der Waals surface area contributed by atoms with Crippen molar-refractivity contribution in [2.75, 3.05) is 18.6 Å². The molecular formula is C15H16BrNO4S. The Labute approximate surface area is 137 Å². The highest BCUT2D eigenvalue weighted by atomic mass is 79.9. The number of amides is 1. The molecule has 3 rings (SSSR count). The molecule has 1 aliphatic rings. The average molecular weight is 386 g/mol. The van der Waals surface area contributed by atoms with Gasteiger partial charge in [0.2, 0.25) is 0 Å². The standard InChI is InChI=1S/C15H16BrNO4S/c1-9-12-7-10(16)3-4-13(12)21-14(9)15(18)17(2)11-5-6-22(19,20)8-11/h3-4,7,11H,5-6,8H2,1-2H3/t11-/m0/s1. The van der Waals surface area contributed by atoms with Gasteiger partial charge in [-0.3, -0.25) is 4.79 Å². The summed E-state index contributed by atoms with van der Waals surface area (Å²) in [7, 11) is -1.39. The Balaban J connectivity index is 1.94. The number of nitrogens with zero attached hydrogens (tertiary/aromatic N) is 1. The first-order valence-corrected chi connectivity index (χ1v) is 9.56. The van der Waals surface area contributed by atoms with Crippen LogP contribution in [0, 0.1) is 6.92 Å². The van der Waals surface area contributed by atoms with Crippen molar-refractivity contribution in [2.24, 2.45) is 0 Å². The van der Waals surface area contributed by atoms with E-state index >= 15 is 0 Å². The molecule has 118 valence electrons. The minimum Gasteiger partial charge on any atom is -0.451 e. The molecule has 0 aliphatic carbocycles. The number of hydrogen-bond acceptors (Lipinski definition) is 4. The van der Waals surface area contributed by atoms with Gasteiger partial charge in [0.15, 0.2) is 15.6 Å². The zero-order valence-electron chi connectivity index (χ0n) is 12.3. The number of halogens is 1. The molecule has 7 heteroatoms. The molecule has 1 fully saturated rings. The van der Waals surface area contributed by atoms with E-state index in [0.717, 1.165) is 15.4 Å². The molecule has 0 unspecified atom stereocenters. The second-order valence-corrected chi connectivity index (χ2v) is 8.81. The van der Waals surface area contributed by atoms with Crippen molar-refractivity contribution in [1.29, 1.82) is 0 Å². The van der Waals surface area contributed by atoms with Gasteiger partial charge in [-0.15, -0.1) is 0 Å². The number of fused-ring (bicyclic) bond motifs is 1. The molecule has 1 atom stereocenters. The van der Waals surface area contributed by atoms with E-state index in [1.54, 1.807) is 7.05 Å². The maximum Gasteiger partial charge on any atom is 0.289 e. The second-order valence-electron chi connectivity index (χ2n) is 5.67. The van der Waals surface area contributed by atoms with E-state index in [4.69, 9.17) is 4.42 Å². The molecule has 1 aromatic carbocycles. The van der Waals surface area contributed by atoms with Crippen LogP contribution in [0.25, 0.3) is 11.0 Å². The van der Waals surface area contributed by atoms with Gasteiger partial charge in [-0.1, -0.05) is 15.9 Å². The summed E-state index contributed by atoms with van der Waals surface area (Å²) < 4.78 is 29.8. The Hall–Kier alpha value is -1.34. The van der Waals surface area contributed by atoms with Gasteiger partial charge in [-0.25, -0.2) is 8.42 Å². The van der Waals surface area contributed by atoms with Gasteiger partial charge in [0.25, 0.3) is 5.91 Å². The van der Waals surface area contributed by atoms with E-state index in [-0.39, 0.29) is 29.2 Å². The van der Waals surface area contributed by atoms with Crippen LogP contribution < -0.4 is 0 Å². The van der Waals surface area contributed by atoms with Crippen LogP contribution in [0.2, 0.25) is 0 Å². The van der Waals surface area contributed by atoms with Crippen molar-refractivity contribution in [1.82, 2.24) is 4.90 Å². The zero-order chi connectivity index (χ0) is 16.1. The van der Waals surface area contributed by atoms with Gasteiger partial charge >= 0.3 is 0 Å². The molecule has 1 aromatic heterocycles. The van der Waals surface area contributed by atoms with Crippen LogP contribution in [-0.4, -0.2) is 43.8 Å². The van der Waals surface area contributed by atoms with Crippen molar-refractivity contribution in [3.63, 3.8) is 0 Å². The van der Waals surface area contributed by atoms with Crippen LogP contribution in [0.5, 0.6) is 0 Å². The third-order valence-corrected chi connectivity index (χ3v) is 6.41. The lowest BCUT2D eigenvalue weighted by molar-refractivity contribution is 0.0717. The number of aryl methyl sites for hydroxylation is 1. The highest BCUT2D eigenvalue weighted by Gasteiger charge is 2.34. The average Bonchev–Trinajstić information content (AvgIpc) is 2.98. The van der Waals surface area contributed by atoms with E-state index in [2.05, 4.69) is 15.9 Å². The van der Waals surface area contributed by atoms with Crippen LogP contribution in [0.15, 0.2) is 27.1 Å². The molecule has 5 nitrogen and oxygen atoms in total. The fourth-order valence-corrected chi connectivity index (χ4v) is 4.94. The Bertz CT molecular complexity index is 856. The fraction of sp³-hybridized carbons (Fsp3) is 0.400. The van der Waals surface area contributed by atoms with Crippen molar-refractivity contribution >= 4 is 42.6 Å². The lowest BCUT2D eigenvalue weighted by Crippen LogP contribution is -2.37. The van der Waals surface area contributed by atoms with E-state index in [1.165, 1.54) is 4.90 Å². The Morgan fingerprint density at radius 2 is 2.14 bits per heavy atom. The van der Waals surface area contributed by atoms with Crippen LogP contribution in [-0.2, 0) is 9.84 Å². The quantitative estimate of drug-likeness (QED) is 0.796. The summed E-state index contributed by atoms with van der Waals surface area (Å²) in [6.07, 6.45) is 0.482. The molecule has 0 N–H and O–H groups in total. The zero-order valence-corrected chi connectivity index (χ0v) is 14.7. The van der Waals surface area contributed by atoms with Crippen molar-refractivity contribution in [2.45, 2.75) is 19.4 Å². The Morgan fingerprint density at radius 1 is 1.41 bits per heavy atom. The summed E-state index contributed by atoms with van der Waals surface area (Å²) in [6.45, 7) is 1.84. The Morgan fingerprint density at radius 3 is 2.77 bits per heavy atom. The molecule has 0 bridgehead atoms. The van der Waals surface area contributed by atoms with E-state index in [1.807, 2.05) is 25.1 Å². The summed E-state index contributed by atoms with van der Waals surface area (Å²) in [5.41, 5.74) is 1.42. The Kier molecular flexibility index (Phi) is 3.81.